The highest BCUT2D eigenvalue weighted by molar-refractivity contribution is 6.30. The summed E-state index contributed by atoms with van der Waals surface area (Å²) in [7, 11) is 0. The molecule has 0 aliphatic heterocycles. The van der Waals surface area contributed by atoms with Gasteiger partial charge in [-0.15, -0.1) is 0 Å². The van der Waals surface area contributed by atoms with Gasteiger partial charge in [-0.2, -0.15) is 0 Å². The van der Waals surface area contributed by atoms with E-state index in [1.54, 1.807) is 0 Å². The third-order valence-electron chi connectivity index (χ3n) is 4.99. The fourth-order valence-electron chi connectivity index (χ4n) is 3.83. The molecular formula is C19H30ClN. The van der Waals surface area contributed by atoms with Crippen molar-refractivity contribution in [1.29, 1.82) is 0 Å². The fourth-order valence-corrected chi connectivity index (χ4v) is 3.96. The molecular weight excluding hydrogens is 278 g/mol. The molecule has 21 heavy (non-hydrogen) atoms. The molecule has 0 saturated heterocycles. The average Bonchev–Trinajstić information content (AvgIpc) is 2.50. The van der Waals surface area contributed by atoms with Crippen LogP contribution in [-0.4, -0.2) is 12.6 Å². The summed E-state index contributed by atoms with van der Waals surface area (Å²) in [6.45, 7) is 5.60. The van der Waals surface area contributed by atoms with Crippen LogP contribution in [0.4, 0.5) is 0 Å². The summed E-state index contributed by atoms with van der Waals surface area (Å²) >= 11 is 5.99. The molecule has 0 bridgehead atoms. The third kappa shape index (κ3) is 5.30. The van der Waals surface area contributed by atoms with Gasteiger partial charge in [0, 0.05) is 11.1 Å². The van der Waals surface area contributed by atoms with Crippen LogP contribution in [0, 0.1) is 11.8 Å². The maximum atomic E-state index is 5.99. The molecule has 1 nitrogen and oxygen atoms in total. The molecule has 1 aliphatic carbocycles. The Labute approximate surface area is 135 Å². The minimum Gasteiger partial charge on any atom is -0.314 e. The van der Waals surface area contributed by atoms with Crippen molar-refractivity contribution in [2.45, 2.75) is 64.8 Å². The lowest BCUT2D eigenvalue weighted by Gasteiger charge is -2.34. The Morgan fingerprint density at radius 2 is 1.76 bits per heavy atom. The van der Waals surface area contributed by atoms with Gasteiger partial charge >= 0.3 is 0 Å². The lowest BCUT2D eigenvalue weighted by molar-refractivity contribution is 0.213. The van der Waals surface area contributed by atoms with Crippen LogP contribution in [-0.2, 0) is 6.42 Å². The standard InChI is InChI=1S/C19H30ClN/c1-3-5-15-6-10-17(11-7-15)19(21-4-2)14-16-8-12-18(20)13-9-16/h8-9,12-13,15,17,19,21H,3-7,10-11,14H2,1-2H3. The van der Waals surface area contributed by atoms with Gasteiger partial charge < -0.3 is 5.32 Å². The number of halogens is 1. The molecule has 0 aromatic heterocycles. The maximum Gasteiger partial charge on any atom is 0.0406 e. The predicted molar refractivity (Wildman–Crippen MR) is 93.0 cm³/mol. The zero-order valence-electron chi connectivity index (χ0n) is 13.6. The minimum atomic E-state index is 0.624. The SMILES string of the molecule is CCCC1CCC(C(Cc2ccc(Cl)cc2)NCC)CC1. The number of rotatable bonds is 7. The van der Waals surface area contributed by atoms with Crippen molar-refractivity contribution in [2.24, 2.45) is 11.8 Å². The Kier molecular flexibility index (Phi) is 7.06. The highest BCUT2D eigenvalue weighted by atomic mass is 35.5. The van der Waals surface area contributed by atoms with Gasteiger partial charge in [-0.1, -0.05) is 63.3 Å². The van der Waals surface area contributed by atoms with E-state index in [-0.39, 0.29) is 0 Å². The maximum absolute atomic E-state index is 5.99. The van der Waals surface area contributed by atoms with Gasteiger partial charge in [0.2, 0.25) is 0 Å². The first-order valence-corrected chi connectivity index (χ1v) is 9.08. The van der Waals surface area contributed by atoms with Gasteiger partial charge in [0.05, 0.1) is 0 Å². The van der Waals surface area contributed by atoms with Crippen LogP contribution in [0.25, 0.3) is 0 Å². The Bertz CT molecular complexity index is 393. The monoisotopic (exact) mass is 307 g/mol. The molecule has 1 unspecified atom stereocenters. The Balaban J connectivity index is 1.91. The largest absolute Gasteiger partial charge is 0.314 e. The molecule has 1 atom stereocenters. The molecule has 0 amide bonds. The van der Waals surface area contributed by atoms with E-state index in [2.05, 4.69) is 31.3 Å². The van der Waals surface area contributed by atoms with Crippen molar-refractivity contribution in [1.82, 2.24) is 5.32 Å². The first-order valence-electron chi connectivity index (χ1n) is 8.70. The first kappa shape index (κ1) is 16.8. The number of hydrogen-bond acceptors (Lipinski definition) is 1. The summed E-state index contributed by atoms with van der Waals surface area (Å²) in [5, 5.41) is 4.56. The van der Waals surface area contributed by atoms with Crippen molar-refractivity contribution in [3.8, 4) is 0 Å². The Morgan fingerprint density at radius 3 is 2.33 bits per heavy atom. The number of hydrogen-bond donors (Lipinski definition) is 1. The Morgan fingerprint density at radius 1 is 1.10 bits per heavy atom. The van der Waals surface area contributed by atoms with E-state index >= 15 is 0 Å². The lowest BCUT2D eigenvalue weighted by Crippen LogP contribution is -2.39. The van der Waals surface area contributed by atoms with E-state index in [0.717, 1.165) is 29.8 Å². The highest BCUT2D eigenvalue weighted by Crippen LogP contribution is 2.34. The fraction of sp³-hybridized carbons (Fsp3) is 0.684. The number of nitrogens with one attached hydrogen (secondary N) is 1. The van der Waals surface area contributed by atoms with Crippen LogP contribution in [0.15, 0.2) is 24.3 Å². The molecule has 1 aromatic carbocycles. The van der Waals surface area contributed by atoms with Crippen LogP contribution in [0.1, 0.15) is 57.9 Å². The van der Waals surface area contributed by atoms with Gasteiger partial charge in [-0.3, -0.25) is 0 Å². The van der Waals surface area contributed by atoms with Gasteiger partial charge in [-0.25, -0.2) is 0 Å². The second-order valence-electron chi connectivity index (χ2n) is 6.56. The van der Waals surface area contributed by atoms with Crippen molar-refractivity contribution in [3.05, 3.63) is 34.9 Å². The van der Waals surface area contributed by atoms with Gasteiger partial charge in [-0.05, 0) is 55.3 Å². The number of benzene rings is 1. The van der Waals surface area contributed by atoms with E-state index in [4.69, 9.17) is 11.6 Å². The highest BCUT2D eigenvalue weighted by Gasteiger charge is 2.26. The van der Waals surface area contributed by atoms with Crippen LogP contribution in [0.2, 0.25) is 5.02 Å². The van der Waals surface area contributed by atoms with Crippen LogP contribution < -0.4 is 5.32 Å². The molecule has 0 heterocycles. The second kappa shape index (κ2) is 8.80. The smallest absolute Gasteiger partial charge is 0.0406 e. The average molecular weight is 308 g/mol. The predicted octanol–water partition coefficient (Wildman–Crippen LogP) is 5.47. The molecule has 118 valence electrons. The van der Waals surface area contributed by atoms with E-state index in [9.17, 15) is 0 Å². The summed E-state index contributed by atoms with van der Waals surface area (Å²) in [4.78, 5) is 0. The summed E-state index contributed by atoms with van der Waals surface area (Å²) in [6.07, 6.45) is 9.56. The summed E-state index contributed by atoms with van der Waals surface area (Å²) in [6, 6.07) is 9.00. The van der Waals surface area contributed by atoms with E-state index in [1.165, 1.54) is 44.1 Å². The molecule has 1 aromatic rings. The Hall–Kier alpha value is -0.530. The zero-order chi connectivity index (χ0) is 15.1. The van der Waals surface area contributed by atoms with Crippen LogP contribution >= 0.6 is 11.6 Å². The molecule has 1 saturated carbocycles. The van der Waals surface area contributed by atoms with E-state index in [0.29, 0.717) is 6.04 Å². The van der Waals surface area contributed by atoms with Crippen LogP contribution in [0.5, 0.6) is 0 Å². The molecule has 0 spiro atoms. The summed E-state index contributed by atoms with van der Waals surface area (Å²) in [5.41, 5.74) is 1.40. The molecule has 0 radical (unpaired) electrons. The topological polar surface area (TPSA) is 12.0 Å². The zero-order valence-corrected chi connectivity index (χ0v) is 14.3. The van der Waals surface area contributed by atoms with E-state index < -0.39 is 0 Å². The van der Waals surface area contributed by atoms with Gasteiger partial charge in [0.15, 0.2) is 0 Å². The summed E-state index contributed by atoms with van der Waals surface area (Å²) in [5.74, 6) is 1.83. The molecule has 2 heteroatoms. The third-order valence-corrected chi connectivity index (χ3v) is 5.24. The second-order valence-corrected chi connectivity index (χ2v) is 7.00. The number of likely N-dealkylation sites (N-methyl/N-ethyl adjacent to an activating group) is 1. The van der Waals surface area contributed by atoms with Crippen LogP contribution in [0.3, 0.4) is 0 Å². The quantitative estimate of drug-likeness (QED) is 0.704. The molecule has 2 rings (SSSR count). The van der Waals surface area contributed by atoms with Crippen molar-refractivity contribution < 1.29 is 0 Å². The molecule has 1 fully saturated rings. The molecule has 1 N–H and O–H groups in total. The first-order chi connectivity index (χ1) is 10.2. The lowest BCUT2D eigenvalue weighted by atomic mass is 9.76. The van der Waals surface area contributed by atoms with Gasteiger partial charge in [0.1, 0.15) is 0 Å². The molecule has 1 aliphatic rings. The van der Waals surface area contributed by atoms with Crippen molar-refractivity contribution in [2.75, 3.05) is 6.54 Å². The minimum absolute atomic E-state index is 0.624. The van der Waals surface area contributed by atoms with E-state index in [1.807, 2.05) is 12.1 Å². The normalized spacial score (nSPS) is 24.0. The van der Waals surface area contributed by atoms with Crippen molar-refractivity contribution in [3.63, 3.8) is 0 Å². The van der Waals surface area contributed by atoms with Gasteiger partial charge in [0.25, 0.3) is 0 Å². The van der Waals surface area contributed by atoms with Crippen molar-refractivity contribution >= 4 is 11.6 Å². The summed E-state index contributed by atoms with van der Waals surface area (Å²) < 4.78 is 0.